The first-order valence-electron chi connectivity index (χ1n) is 11.5. The maximum absolute atomic E-state index is 16.7. The number of nitrogens with zero attached hydrogens (tertiary/aromatic N) is 2. The average Bonchev–Trinajstić information content (AvgIpc) is 3.51. The third-order valence-electron chi connectivity index (χ3n) is 6.22. The van der Waals surface area contributed by atoms with Gasteiger partial charge in [0.25, 0.3) is 0 Å². The van der Waals surface area contributed by atoms with Crippen LogP contribution in [0.3, 0.4) is 0 Å². The SMILES string of the molecule is C[C@@]1(F)[C@H](OC(=O)c2ccccc2)[C@@H](COC(=O)c2ccccc2)OC1(C#N)c1ccc(/C(N)=N\C=N)[nH]1. The van der Waals surface area contributed by atoms with Crippen molar-refractivity contribution in [2.45, 2.75) is 30.4 Å². The highest BCUT2D eigenvalue weighted by Gasteiger charge is 2.68. The van der Waals surface area contributed by atoms with E-state index in [-0.39, 0.29) is 28.4 Å². The number of halogens is 1. The topological polar surface area (TPSA) is 164 Å². The lowest BCUT2D eigenvalue weighted by molar-refractivity contribution is -0.0735. The van der Waals surface area contributed by atoms with E-state index in [0.29, 0.717) is 0 Å². The summed E-state index contributed by atoms with van der Waals surface area (Å²) in [5.41, 5.74) is 1.50. The van der Waals surface area contributed by atoms with Gasteiger partial charge in [0, 0.05) is 0 Å². The molecule has 38 heavy (non-hydrogen) atoms. The normalized spacial score (nSPS) is 24.8. The van der Waals surface area contributed by atoms with Gasteiger partial charge in [0.15, 0.2) is 11.8 Å². The van der Waals surface area contributed by atoms with Crippen molar-refractivity contribution < 1.29 is 28.2 Å². The predicted octanol–water partition coefficient (Wildman–Crippen LogP) is 3.26. The van der Waals surface area contributed by atoms with Crippen molar-refractivity contribution in [1.82, 2.24) is 4.98 Å². The molecule has 0 amide bonds. The number of alkyl halides is 1. The molecule has 1 aliphatic heterocycles. The first kappa shape index (κ1) is 26.2. The first-order chi connectivity index (χ1) is 18.2. The lowest BCUT2D eigenvalue weighted by Gasteiger charge is -2.31. The second kappa shape index (κ2) is 10.7. The van der Waals surface area contributed by atoms with E-state index in [1.54, 1.807) is 48.5 Å². The van der Waals surface area contributed by atoms with E-state index >= 15 is 4.39 Å². The molecule has 4 rings (SSSR count). The summed E-state index contributed by atoms with van der Waals surface area (Å²) in [6, 6.07) is 20.8. The van der Waals surface area contributed by atoms with E-state index in [1.165, 1.54) is 24.3 Å². The molecule has 4 atom stereocenters. The number of nitrogens with one attached hydrogen (secondary N) is 2. The monoisotopic (exact) mass is 517 g/mol. The standard InChI is InChI=1S/C27H24FN5O5/c1-26(28)22(37-25(35)18-10-6-3-7-11-18)20(14-36-24(34)17-8-4-2-5-9-17)38-27(26,15-29)21-13-12-19(33-21)23(31)32-16-30/h2-13,16,20,22,33H,14H2,1H3,(H3,30,31,32)/t20-,22-,26-,27?/m1/s1. The van der Waals surface area contributed by atoms with Crippen LogP contribution in [0.4, 0.5) is 4.39 Å². The Hall–Kier alpha value is -4.82. The number of carbonyl (C=O) groups excluding carboxylic acids is 2. The van der Waals surface area contributed by atoms with Crippen LogP contribution in [-0.4, -0.2) is 53.6 Å². The van der Waals surface area contributed by atoms with Crippen molar-refractivity contribution >= 4 is 24.1 Å². The predicted molar refractivity (Wildman–Crippen MR) is 134 cm³/mol. The molecular formula is C27H24FN5O5. The number of amidine groups is 1. The van der Waals surface area contributed by atoms with Crippen molar-refractivity contribution in [2.75, 3.05) is 6.61 Å². The van der Waals surface area contributed by atoms with Crippen LogP contribution in [0, 0.1) is 16.7 Å². The number of H-pyrrole nitrogens is 1. The maximum Gasteiger partial charge on any atom is 0.338 e. The van der Waals surface area contributed by atoms with E-state index in [9.17, 15) is 14.9 Å². The molecule has 0 radical (unpaired) electrons. The molecule has 11 heteroatoms. The smallest absolute Gasteiger partial charge is 0.338 e. The van der Waals surface area contributed by atoms with Crippen LogP contribution in [0.1, 0.15) is 39.0 Å². The summed E-state index contributed by atoms with van der Waals surface area (Å²) < 4.78 is 33.6. The number of hydrogen-bond acceptors (Lipinski definition) is 7. The van der Waals surface area contributed by atoms with Gasteiger partial charge in [-0.3, -0.25) is 5.41 Å². The van der Waals surface area contributed by atoms with Gasteiger partial charge in [0.1, 0.15) is 31.0 Å². The van der Waals surface area contributed by atoms with Crippen LogP contribution in [0.2, 0.25) is 0 Å². The zero-order chi connectivity index (χ0) is 27.3. The number of nitriles is 1. The van der Waals surface area contributed by atoms with E-state index in [4.69, 9.17) is 25.4 Å². The van der Waals surface area contributed by atoms with Crippen molar-refractivity contribution in [3.8, 4) is 6.07 Å². The van der Waals surface area contributed by atoms with Crippen molar-refractivity contribution in [3.63, 3.8) is 0 Å². The highest BCUT2D eigenvalue weighted by molar-refractivity contribution is 5.99. The summed E-state index contributed by atoms with van der Waals surface area (Å²) >= 11 is 0. The molecule has 1 aromatic heterocycles. The Labute approximate surface area is 217 Å². The highest BCUT2D eigenvalue weighted by Crippen LogP contribution is 2.50. The van der Waals surface area contributed by atoms with Crippen LogP contribution in [0.5, 0.6) is 0 Å². The van der Waals surface area contributed by atoms with Crippen LogP contribution in [0.25, 0.3) is 0 Å². The van der Waals surface area contributed by atoms with Gasteiger partial charge in [-0.25, -0.2) is 19.0 Å². The Bertz CT molecular complexity index is 1400. The molecule has 0 spiro atoms. The fourth-order valence-electron chi connectivity index (χ4n) is 4.25. The Balaban J connectivity index is 1.69. The Morgan fingerprint density at radius 1 is 1.13 bits per heavy atom. The minimum atomic E-state index is -2.62. The molecule has 1 fully saturated rings. The molecule has 1 aliphatic rings. The second-order valence-corrected chi connectivity index (χ2v) is 8.61. The fraction of sp³-hybridized carbons (Fsp3) is 0.222. The lowest BCUT2D eigenvalue weighted by Crippen LogP contribution is -2.50. The third kappa shape index (κ3) is 4.77. The zero-order valence-corrected chi connectivity index (χ0v) is 20.3. The first-order valence-corrected chi connectivity index (χ1v) is 11.5. The Morgan fingerprint density at radius 3 is 2.32 bits per heavy atom. The molecular weight excluding hydrogens is 493 g/mol. The molecule has 0 saturated carbocycles. The molecule has 0 bridgehead atoms. The molecule has 10 nitrogen and oxygen atoms in total. The molecule has 1 saturated heterocycles. The van der Waals surface area contributed by atoms with Crippen molar-refractivity contribution in [2.24, 2.45) is 10.7 Å². The summed E-state index contributed by atoms with van der Waals surface area (Å²) in [6.07, 6.45) is -2.25. The van der Waals surface area contributed by atoms with E-state index in [0.717, 1.165) is 13.3 Å². The van der Waals surface area contributed by atoms with Gasteiger partial charge in [-0.15, -0.1) is 0 Å². The Kier molecular flexibility index (Phi) is 7.36. The van der Waals surface area contributed by atoms with Crippen LogP contribution < -0.4 is 5.73 Å². The number of aliphatic imine (C=N–C) groups is 1. The summed E-state index contributed by atoms with van der Waals surface area (Å²) in [7, 11) is 0. The third-order valence-corrected chi connectivity index (χ3v) is 6.22. The largest absolute Gasteiger partial charge is 0.459 e. The quantitative estimate of drug-likeness (QED) is 0.234. The molecule has 0 aliphatic carbocycles. The number of hydrogen-bond donors (Lipinski definition) is 3. The Morgan fingerprint density at radius 2 is 1.74 bits per heavy atom. The fourth-order valence-corrected chi connectivity index (χ4v) is 4.25. The number of rotatable bonds is 8. The minimum Gasteiger partial charge on any atom is -0.459 e. The molecule has 4 N–H and O–H groups in total. The van der Waals surface area contributed by atoms with E-state index < -0.39 is 42.0 Å². The molecule has 1 unspecified atom stereocenters. The number of nitrogens with two attached hydrogens (primary N) is 1. The number of carbonyl (C=O) groups is 2. The maximum atomic E-state index is 16.7. The number of aromatic amines is 1. The lowest BCUT2D eigenvalue weighted by atomic mass is 9.81. The van der Waals surface area contributed by atoms with Gasteiger partial charge < -0.3 is 24.9 Å². The molecule has 2 heterocycles. The zero-order valence-electron chi connectivity index (χ0n) is 20.3. The van der Waals surface area contributed by atoms with Crippen molar-refractivity contribution in [3.05, 3.63) is 95.3 Å². The van der Waals surface area contributed by atoms with Gasteiger partial charge >= 0.3 is 11.9 Å². The van der Waals surface area contributed by atoms with Gasteiger partial charge in [0.05, 0.1) is 22.5 Å². The van der Waals surface area contributed by atoms with Crippen LogP contribution in [-0.2, 0) is 19.8 Å². The second-order valence-electron chi connectivity index (χ2n) is 8.61. The van der Waals surface area contributed by atoms with E-state index in [2.05, 4.69) is 9.98 Å². The number of ether oxygens (including phenoxy) is 3. The number of esters is 2. The summed E-state index contributed by atoms with van der Waals surface area (Å²) in [6.45, 7) is 0.572. The molecule has 2 aromatic carbocycles. The van der Waals surface area contributed by atoms with Crippen molar-refractivity contribution in [1.29, 1.82) is 10.7 Å². The van der Waals surface area contributed by atoms with Crippen LogP contribution in [0.15, 0.2) is 77.8 Å². The van der Waals surface area contributed by atoms with Gasteiger partial charge in [0.2, 0.25) is 5.60 Å². The van der Waals surface area contributed by atoms with Gasteiger partial charge in [-0.1, -0.05) is 36.4 Å². The minimum absolute atomic E-state index is 0.0271. The van der Waals surface area contributed by atoms with Crippen LogP contribution >= 0.6 is 0 Å². The van der Waals surface area contributed by atoms with Gasteiger partial charge in [-0.05, 0) is 43.3 Å². The number of benzene rings is 2. The highest BCUT2D eigenvalue weighted by atomic mass is 19.1. The number of aromatic nitrogens is 1. The summed E-state index contributed by atoms with van der Waals surface area (Å²) in [5, 5.41) is 17.3. The summed E-state index contributed by atoms with van der Waals surface area (Å²) in [4.78, 5) is 31.9. The molecule has 3 aromatic rings. The van der Waals surface area contributed by atoms with E-state index in [1.807, 2.05) is 6.07 Å². The average molecular weight is 518 g/mol. The summed E-state index contributed by atoms with van der Waals surface area (Å²) in [5.74, 6) is -1.61. The van der Waals surface area contributed by atoms with Gasteiger partial charge in [-0.2, -0.15) is 5.26 Å². The molecule has 194 valence electrons.